The van der Waals surface area contributed by atoms with E-state index in [0.29, 0.717) is 37.7 Å². The lowest BCUT2D eigenvalue weighted by atomic mass is 10.1. The van der Waals surface area contributed by atoms with Gasteiger partial charge in [0.2, 0.25) is 0 Å². The van der Waals surface area contributed by atoms with E-state index in [2.05, 4.69) is 4.98 Å². The summed E-state index contributed by atoms with van der Waals surface area (Å²) in [7, 11) is 1.54. The first-order valence-corrected chi connectivity index (χ1v) is 12.4. The van der Waals surface area contributed by atoms with Crippen LogP contribution in [0.3, 0.4) is 0 Å². The third-order valence-electron chi connectivity index (χ3n) is 6.33. The molecule has 0 atom stereocenters. The van der Waals surface area contributed by atoms with Crippen molar-refractivity contribution in [3.63, 3.8) is 0 Å². The summed E-state index contributed by atoms with van der Waals surface area (Å²) in [5, 5.41) is 0. The average molecular weight is 479 g/mol. The van der Waals surface area contributed by atoms with Gasteiger partial charge in [0.25, 0.3) is 11.8 Å². The van der Waals surface area contributed by atoms with Crippen LogP contribution in [0.1, 0.15) is 60.4 Å². The molecule has 186 valence electrons. The summed E-state index contributed by atoms with van der Waals surface area (Å²) < 4.78 is 13.0. The first-order valence-electron chi connectivity index (χ1n) is 12.4. The number of anilines is 1. The van der Waals surface area contributed by atoms with Crippen molar-refractivity contribution in [1.82, 2.24) is 14.5 Å². The standard InChI is InChI=1S/C27H34N4O4/c1-34-20-26(32)31-16-9-5-3-2-4-8-15-30(18-22-10-6-7-11-24(22)31)27(33)25-13-12-23(35-25)19-29-17-14-28-21-29/h6-7,10-14,17,21H,2-5,8-9,15-16,18-20H2,1H3. The number of carbonyl (C=O) groups is 2. The van der Waals surface area contributed by atoms with Gasteiger partial charge in [-0.2, -0.15) is 0 Å². The monoisotopic (exact) mass is 478 g/mol. The van der Waals surface area contributed by atoms with Gasteiger partial charge < -0.3 is 23.5 Å². The van der Waals surface area contributed by atoms with E-state index >= 15 is 0 Å². The second kappa shape index (κ2) is 12.4. The molecule has 0 bridgehead atoms. The molecular weight excluding hydrogens is 444 g/mol. The SMILES string of the molecule is COCC(=O)N1CCCCCCCCN(C(=O)c2ccc(Cn3ccnc3)o2)Cc2ccccc21. The van der Waals surface area contributed by atoms with E-state index in [1.807, 2.05) is 50.9 Å². The summed E-state index contributed by atoms with van der Waals surface area (Å²) >= 11 is 0. The Kier molecular flexibility index (Phi) is 8.73. The zero-order valence-electron chi connectivity index (χ0n) is 20.4. The van der Waals surface area contributed by atoms with E-state index < -0.39 is 0 Å². The number of aromatic nitrogens is 2. The Labute approximate surface area is 206 Å². The number of furan rings is 1. The molecule has 0 spiro atoms. The topological polar surface area (TPSA) is 80.8 Å². The molecule has 2 aromatic heterocycles. The number of methoxy groups -OCH3 is 1. The second-order valence-electron chi connectivity index (χ2n) is 8.96. The van der Waals surface area contributed by atoms with Gasteiger partial charge in [0.05, 0.1) is 12.9 Å². The number of carbonyl (C=O) groups excluding carboxylic acids is 2. The highest BCUT2D eigenvalue weighted by molar-refractivity contribution is 5.95. The maximum Gasteiger partial charge on any atom is 0.289 e. The van der Waals surface area contributed by atoms with Crippen LogP contribution in [0.4, 0.5) is 5.69 Å². The fourth-order valence-electron chi connectivity index (χ4n) is 4.52. The van der Waals surface area contributed by atoms with Crippen LogP contribution >= 0.6 is 0 Å². The molecule has 4 rings (SSSR count). The summed E-state index contributed by atoms with van der Waals surface area (Å²) in [6.07, 6.45) is 11.6. The second-order valence-corrected chi connectivity index (χ2v) is 8.96. The predicted octanol–water partition coefficient (Wildman–Crippen LogP) is 4.50. The highest BCUT2D eigenvalue weighted by Gasteiger charge is 2.24. The van der Waals surface area contributed by atoms with Gasteiger partial charge in [-0.25, -0.2) is 4.98 Å². The van der Waals surface area contributed by atoms with Crippen molar-refractivity contribution in [2.24, 2.45) is 0 Å². The predicted molar refractivity (Wildman–Crippen MR) is 133 cm³/mol. The number of nitrogens with zero attached hydrogens (tertiary/aromatic N) is 4. The lowest BCUT2D eigenvalue weighted by molar-refractivity contribution is -0.122. The summed E-state index contributed by atoms with van der Waals surface area (Å²) in [4.78, 5) is 34.2. The van der Waals surface area contributed by atoms with Gasteiger partial charge in [-0.05, 0) is 36.6 Å². The number of benzene rings is 1. The van der Waals surface area contributed by atoms with Crippen molar-refractivity contribution in [1.29, 1.82) is 0 Å². The third-order valence-corrected chi connectivity index (χ3v) is 6.33. The largest absolute Gasteiger partial charge is 0.454 e. The van der Waals surface area contributed by atoms with Crippen LogP contribution in [-0.4, -0.2) is 53.1 Å². The fraction of sp³-hybridized carbons (Fsp3) is 0.444. The van der Waals surface area contributed by atoms with Crippen molar-refractivity contribution >= 4 is 17.5 Å². The quantitative estimate of drug-likeness (QED) is 0.539. The van der Waals surface area contributed by atoms with Crippen LogP contribution in [0, 0.1) is 0 Å². The zero-order valence-corrected chi connectivity index (χ0v) is 20.4. The van der Waals surface area contributed by atoms with Gasteiger partial charge in [-0.1, -0.05) is 43.9 Å². The number of ether oxygens (including phenoxy) is 1. The van der Waals surface area contributed by atoms with Gasteiger partial charge in [0.1, 0.15) is 12.4 Å². The Morgan fingerprint density at radius 2 is 1.77 bits per heavy atom. The number of para-hydroxylation sites is 1. The van der Waals surface area contributed by atoms with Crippen molar-refractivity contribution in [2.75, 3.05) is 31.7 Å². The van der Waals surface area contributed by atoms with Crippen LogP contribution in [0.2, 0.25) is 0 Å². The van der Waals surface area contributed by atoms with E-state index in [0.717, 1.165) is 49.8 Å². The molecule has 0 N–H and O–H groups in total. The number of hydrogen-bond donors (Lipinski definition) is 0. The van der Waals surface area contributed by atoms with Crippen LogP contribution in [0.25, 0.3) is 0 Å². The van der Waals surface area contributed by atoms with Crippen LogP contribution in [0.15, 0.2) is 59.5 Å². The summed E-state index contributed by atoms with van der Waals surface area (Å²) in [5.74, 6) is 0.826. The minimum Gasteiger partial charge on any atom is -0.454 e. The normalized spacial score (nSPS) is 15.6. The zero-order chi connectivity index (χ0) is 24.5. The Balaban J connectivity index is 1.59. The summed E-state index contributed by atoms with van der Waals surface area (Å²) in [6.45, 7) is 2.23. The highest BCUT2D eigenvalue weighted by atomic mass is 16.5. The Hall–Kier alpha value is -3.39. The number of amides is 2. The molecule has 1 aliphatic rings. The summed E-state index contributed by atoms with van der Waals surface area (Å²) in [5.41, 5.74) is 1.78. The fourth-order valence-corrected chi connectivity index (χ4v) is 4.52. The molecule has 2 amide bonds. The molecule has 0 unspecified atom stereocenters. The molecule has 8 nitrogen and oxygen atoms in total. The van der Waals surface area contributed by atoms with E-state index in [4.69, 9.17) is 9.15 Å². The van der Waals surface area contributed by atoms with E-state index in [1.165, 1.54) is 7.11 Å². The molecule has 3 aromatic rings. The Bertz CT molecular complexity index is 1090. The summed E-state index contributed by atoms with van der Waals surface area (Å²) in [6, 6.07) is 11.4. The molecular formula is C27H34N4O4. The molecule has 1 aromatic carbocycles. The maximum atomic E-state index is 13.5. The minimum absolute atomic E-state index is 0.0308. The Morgan fingerprint density at radius 1 is 1.00 bits per heavy atom. The van der Waals surface area contributed by atoms with Crippen molar-refractivity contribution < 1.29 is 18.7 Å². The maximum absolute atomic E-state index is 13.5. The molecule has 0 saturated heterocycles. The molecule has 35 heavy (non-hydrogen) atoms. The van der Waals surface area contributed by atoms with Gasteiger partial charge in [-0.3, -0.25) is 9.59 Å². The van der Waals surface area contributed by atoms with E-state index in [1.54, 1.807) is 18.6 Å². The van der Waals surface area contributed by atoms with Gasteiger partial charge in [-0.15, -0.1) is 0 Å². The third kappa shape index (κ3) is 6.60. The lowest BCUT2D eigenvalue weighted by Crippen LogP contribution is -2.37. The first-order chi connectivity index (χ1) is 17.2. The minimum atomic E-state index is -0.138. The van der Waals surface area contributed by atoms with Gasteiger partial charge in [0, 0.05) is 44.8 Å². The molecule has 1 aliphatic heterocycles. The van der Waals surface area contributed by atoms with Crippen LogP contribution in [-0.2, 0) is 22.6 Å². The number of rotatable bonds is 5. The molecule has 0 fully saturated rings. The van der Waals surface area contributed by atoms with Crippen molar-refractivity contribution in [3.8, 4) is 0 Å². The highest BCUT2D eigenvalue weighted by Crippen LogP contribution is 2.25. The number of fused-ring (bicyclic) bond motifs is 1. The lowest BCUT2D eigenvalue weighted by Gasteiger charge is -2.28. The van der Waals surface area contributed by atoms with E-state index in [-0.39, 0.29) is 18.4 Å². The molecule has 3 heterocycles. The van der Waals surface area contributed by atoms with E-state index in [9.17, 15) is 9.59 Å². The molecule has 8 heteroatoms. The average Bonchev–Trinajstić information content (AvgIpc) is 3.55. The number of hydrogen-bond acceptors (Lipinski definition) is 5. The van der Waals surface area contributed by atoms with Gasteiger partial charge in [0.15, 0.2) is 5.76 Å². The molecule has 0 saturated carbocycles. The smallest absolute Gasteiger partial charge is 0.289 e. The van der Waals surface area contributed by atoms with Crippen LogP contribution < -0.4 is 4.90 Å². The first kappa shape index (κ1) is 24.7. The molecule has 0 radical (unpaired) electrons. The number of imidazole rings is 1. The Morgan fingerprint density at radius 3 is 2.54 bits per heavy atom. The van der Waals surface area contributed by atoms with Gasteiger partial charge >= 0.3 is 0 Å². The van der Waals surface area contributed by atoms with Crippen molar-refractivity contribution in [2.45, 2.75) is 51.6 Å². The van der Waals surface area contributed by atoms with Crippen molar-refractivity contribution in [3.05, 3.63) is 72.2 Å². The molecule has 0 aliphatic carbocycles. The van der Waals surface area contributed by atoms with Crippen LogP contribution in [0.5, 0.6) is 0 Å².